The van der Waals surface area contributed by atoms with Crippen LogP contribution in [0, 0.1) is 46.3 Å². The first kappa shape index (κ1) is 41.7. The molecule has 0 heterocycles. The number of fused-ring (bicyclic) bond motifs is 5. The van der Waals surface area contributed by atoms with Crippen LogP contribution in [-0.2, 0) is 14.4 Å². The molecule has 3 saturated carbocycles. The van der Waals surface area contributed by atoms with Crippen LogP contribution in [0.25, 0.3) is 0 Å². The van der Waals surface area contributed by atoms with Crippen molar-refractivity contribution in [3.63, 3.8) is 0 Å². The molecular weight excluding hydrogens is 629 g/mol. The number of carbonyl (C=O) groups excluding carboxylic acids is 1. The first-order valence-corrected chi connectivity index (χ1v) is 21.5. The van der Waals surface area contributed by atoms with Crippen molar-refractivity contribution in [3.8, 4) is 0 Å². The second-order valence-corrected chi connectivity index (χ2v) is 17.9. The van der Waals surface area contributed by atoms with Gasteiger partial charge in [0.1, 0.15) is 11.9 Å². The Labute approximate surface area is 313 Å². The van der Waals surface area contributed by atoms with Crippen molar-refractivity contribution in [3.05, 3.63) is 59.9 Å². The van der Waals surface area contributed by atoms with Crippen molar-refractivity contribution < 1.29 is 19.7 Å². The third-order valence-electron chi connectivity index (χ3n) is 14.0. The summed E-state index contributed by atoms with van der Waals surface area (Å²) in [7, 11) is 0. The molecule has 0 spiro atoms. The summed E-state index contributed by atoms with van der Waals surface area (Å²) in [6, 6.07) is 0. The molecule has 8 atom stereocenters. The lowest BCUT2D eigenvalue weighted by Gasteiger charge is -2.58. The zero-order valence-electron chi connectivity index (χ0n) is 33.7. The second kappa shape index (κ2) is 21.0. The summed E-state index contributed by atoms with van der Waals surface area (Å²) in [5, 5.41) is 9.00. The van der Waals surface area contributed by atoms with E-state index in [1.165, 1.54) is 57.8 Å². The first-order valence-electron chi connectivity index (χ1n) is 21.5. The number of rotatable bonds is 21. The molecule has 4 rings (SSSR count). The van der Waals surface area contributed by atoms with Crippen LogP contribution in [0.3, 0.4) is 0 Å². The summed E-state index contributed by atoms with van der Waals surface area (Å²) in [5.74, 6) is 5.79. The molecule has 0 aromatic rings. The van der Waals surface area contributed by atoms with E-state index < -0.39 is 0 Å². The molecule has 0 unspecified atom stereocenters. The molecule has 51 heavy (non-hydrogen) atoms. The Morgan fingerprint density at radius 2 is 1.61 bits per heavy atom. The Morgan fingerprint density at radius 1 is 0.863 bits per heavy atom. The van der Waals surface area contributed by atoms with Gasteiger partial charge in [0.15, 0.2) is 0 Å². The van der Waals surface area contributed by atoms with E-state index in [1.807, 2.05) is 6.08 Å². The smallest absolute Gasteiger partial charge is 0.306 e. The van der Waals surface area contributed by atoms with Crippen LogP contribution < -0.4 is 0 Å². The Kier molecular flexibility index (Phi) is 17.1. The van der Waals surface area contributed by atoms with Crippen molar-refractivity contribution in [1.29, 1.82) is 0 Å². The molecule has 0 radical (unpaired) electrons. The van der Waals surface area contributed by atoms with E-state index in [2.05, 4.69) is 89.0 Å². The normalized spacial score (nSPS) is 31.6. The van der Waals surface area contributed by atoms with E-state index in [0.29, 0.717) is 23.0 Å². The van der Waals surface area contributed by atoms with E-state index in [4.69, 9.17) is 9.99 Å². The van der Waals surface area contributed by atoms with E-state index in [9.17, 15) is 4.79 Å². The number of carbonyl (C=O) groups is 1. The number of hydrogen-bond donors (Lipinski definition) is 1. The van der Waals surface area contributed by atoms with Gasteiger partial charge in [-0.1, -0.05) is 122 Å². The average molecular weight is 705 g/mol. The molecule has 0 aromatic heterocycles. The number of ether oxygens (including phenoxy) is 1. The van der Waals surface area contributed by atoms with Crippen molar-refractivity contribution >= 4 is 5.97 Å². The van der Waals surface area contributed by atoms with Crippen LogP contribution in [0.15, 0.2) is 59.9 Å². The lowest BCUT2D eigenvalue weighted by atomic mass is 9.47. The zero-order chi connectivity index (χ0) is 36.7. The SMILES string of the molecule is CCCCC/C(=C/C/C=C\C/C=C\C/C=C\CCCC(=O)O[C@H]1CC[C@@]2(C)C(=CC[C@H]3[C@@H]4CC[C@H]([C@H](C)CCCC(C)C)[C@@]4(C)CC[C@@H]32)C1)OO. The fourth-order valence-electron chi connectivity index (χ4n) is 11.1. The fraction of sp³-hybridized carbons (Fsp3) is 0.766. The molecular formula is C47H76O4. The lowest BCUT2D eigenvalue weighted by molar-refractivity contribution is -0.206. The monoisotopic (exact) mass is 705 g/mol. The Bertz CT molecular complexity index is 1210. The molecule has 4 aliphatic rings. The Morgan fingerprint density at radius 3 is 2.33 bits per heavy atom. The number of unbranched alkanes of at least 4 members (excludes halogenated alkanes) is 3. The molecule has 0 aliphatic heterocycles. The van der Waals surface area contributed by atoms with Crippen LogP contribution in [0.2, 0.25) is 0 Å². The highest BCUT2D eigenvalue weighted by molar-refractivity contribution is 5.69. The maximum Gasteiger partial charge on any atom is 0.306 e. The van der Waals surface area contributed by atoms with Gasteiger partial charge in [-0.3, -0.25) is 4.79 Å². The lowest BCUT2D eigenvalue weighted by Crippen LogP contribution is -2.51. The predicted molar refractivity (Wildman–Crippen MR) is 214 cm³/mol. The first-order chi connectivity index (χ1) is 24.6. The van der Waals surface area contributed by atoms with Gasteiger partial charge in [0.25, 0.3) is 0 Å². The number of allylic oxidation sites excluding steroid dienone is 9. The summed E-state index contributed by atoms with van der Waals surface area (Å²) in [4.78, 5) is 17.3. The van der Waals surface area contributed by atoms with Crippen LogP contribution in [0.4, 0.5) is 0 Å². The number of hydrogen-bond acceptors (Lipinski definition) is 4. The third-order valence-corrected chi connectivity index (χ3v) is 14.0. The third kappa shape index (κ3) is 11.7. The summed E-state index contributed by atoms with van der Waals surface area (Å²) in [6.45, 7) is 14.8. The van der Waals surface area contributed by atoms with Gasteiger partial charge >= 0.3 is 5.97 Å². The Balaban J connectivity index is 1.12. The molecule has 0 bridgehead atoms. The fourth-order valence-corrected chi connectivity index (χ4v) is 11.1. The highest BCUT2D eigenvalue weighted by Gasteiger charge is 2.59. The van der Waals surface area contributed by atoms with Crippen molar-refractivity contribution in [2.75, 3.05) is 0 Å². The van der Waals surface area contributed by atoms with Crippen LogP contribution in [0.5, 0.6) is 0 Å². The van der Waals surface area contributed by atoms with Gasteiger partial charge in [-0.15, -0.1) is 0 Å². The molecule has 4 aliphatic carbocycles. The molecule has 288 valence electrons. The van der Waals surface area contributed by atoms with Gasteiger partial charge in [0, 0.05) is 19.3 Å². The van der Waals surface area contributed by atoms with Crippen LogP contribution >= 0.6 is 0 Å². The maximum atomic E-state index is 12.8. The highest BCUT2D eigenvalue weighted by Crippen LogP contribution is 2.67. The molecule has 1 N–H and O–H groups in total. The Hall–Kier alpha value is -2.07. The minimum absolute atomic E-state index is 0.0145. The highest BCUT2D eigenvalue weighted by atomic mass is 17.1. The van der Waals surface area contributed by atoms with E-state index >= 15 is 0 Å². The van der Waals surface area contributed by atoms with Gasteiger partial charge in [0.05, 0.1) is 0 Å². The molecule has 0 saturated heterocycles. The van der Waals surface area contributed by atoms with Crippen molar-refractivity contribution in [2.45, 2.75) is 182 Å². The molecule has 3 fully saturated rings. The van der Waals surface area contributed by atoms with E-state index in [-0.39, 0.29) is 12.1 Å². The zero-order valence-corrected chi connectivity index (χ0v) is 33.7. The van der Waals surface area contributed by atoms with Gasteiger partial charge in [-0.25, -0.2) is 5.26 Å². The van der Waals surface area contributed by atoms with Gasteiger partial charge < -0.3 is 9.62 Å². The van der Waals surface area contributed by atoms with Crippen molar-refractivity contribution in [2.24, 2.45) is 46.3 Å². The summed E-state index contributed by atoms with van der Waals surface area (Å²) < 4.78 is 6.09. The van der Waals surface area contributed by atoms with Crippen molar-refractivity contribution in [1.82, 2.24) is 0 Å². The minimum Gasteiger partial charge on any atom is -0.462 e. The quantitative estimate of drug-likeness (QED) is 0.0323. The summed E-state index contributed by atoms with van der Waals surface area (Å²) >= 11 is 0. The van der Waals surface area contributed by atoms with Gasteiger partial charge in [0.2, 0.25) is 0 Å². The topological polar surface area (TPSA) is 55.8 Å². The molecule has 0 aromatic carbocycles. The maximum absolute atomic E-state index is 12.8. The van der Waals surface area contributed by atoms with Gasteiger partial charge in [-0.05, 0) is 136 Å². The van der Waals surface area contributed by atoms with E-state index in [0.717, 1.165) is 106 Å². The summed E-state index contributed by atoms with van der Waals surface area (Å²) in [6.07, 6.45) is 41.0. The second-order valence-electron chi connectivity index (χ2n) is 17.9. The van der Waals surface area contributed by atoms with Crippen LogP contribution in [-0.4, -0.2) is 17.3 Å². The summed E-state index contributed by atoms with van der Waals surface area (Å²) in [5.41, 5.74) is 2.44. The predicted octanol–water partition coefficient (Wildman–Crippen LogP) is 13.9. The largest absolute Gasteiger partial charge is 0.462 e. The van der Waals surface area contributed by atoms with E-state index in [1.54, 1.807) is 5.57 Å². The average Bonchev–Trinajstić information content (AvgIpc) is 3.46. The minimum atomic E-state index is -0.0145. The van der Waals surface area contributed by atoms with Gasteiger partial charge in [-0.2, -0.15) is 0 Å². The molecule has 4 nitrogen and oxygen atoms in total. The van der Waals surface area contributed by atoms with Crippen LogP contribution in [0.1, 0.15) is 176 Å². The molecule has 4 heteroatoms. The molecule has 0 amide bonds. The standard InChI is InChI=1S/C47H76O4/c1-7-8-18-24-39(51-49)25-19-16-14-12-10-9-11-13-15-17-20-26-45(48)50-40-31-33-46(5)38(35-40)27-28-41-43-30-29-42(37(4)23-21-22-36(2)3)47(43,6)34-32-44(41)46/h9-10,13-16,25,27,36-37,40-44,49H,7-8,11-12,17-24,26,28-35H2,1-6H3/b10-9-,15-13-,16-14-,39-25-/t37-,40+,41+,42-,43+,44+,46+,47-/m1/s1. The number of esters is 1.